The van der Waals surface area contributed by atoms with Gasteiger partial charge in [-0.25, -0.2) is 4.79 Å². The molecular formula is C20H25BF2N3O4. The molecule has 0 spiro atoms. The first kappa shape index (κ1) is 22.1. The third-order valence-corrected chi connectivity index (χ3v) is 5.86. The third-order valence-electron chi connectivity index (χ3n) is 5.86. The van der Waals surface area contributed by atoms with Crippen LogP contribution in [-0.2, 0) is 0 Å². The number of hydrogen-bond donors (Lipinski definition) is 2. The summed E-state index contributed by atoms with van der Waals surface area (Å²) in [7, 11) is 0.595. The second kappa shape index (κ2) is 9.03. The molecule has 2 heterocycles. The number of ether oxygens (including phenoxy) is 1. The van der Waals surface area contributed by atoms with Crippen LogP contribution in [0.25, 0.3) is 10.9 Å². The number of piperidine rings is 1. The van der Waals surface area contributed by atoms with Crippen molar-refractivity contribution in [3.05, 3.63) is 34.1 Å². The molecule has 1 radical (unpaired) electrons. The van der Waals surface area contributed by atoms with Crippen molar-refractivity contribution < 1.29 is 23.3 Å². The Morgan fingerprint density at radius 1 is 1.30 bits per heavy atom. The van der Waals surface area contributed by atoms with Gasteiger partial charge in [-0.1, -0.05) is 6.92 Å². The maximum atomic E-state index is 12.7. The standard InChI is InChI=1S/C20H25N3O4.BF2/c1-11-7-8-22(10-15(11)21)16-6-5-13-17(19(16)27-2)23(12-3-4-12)9-14(18(13)24)20(25)26;2-1-3/h5-6,9,11-12,15H,3-4,7-8,10,21H2,1-2H3,(H,25,26);. The van der Waals surface area contributed by atoms with Gasteiger partial charge in [0.1, 0.15) is 5.56 Å². The van der Waals surface area contributed by atoms with Crippen LogP contribution in [0.2, 0.25) is 0 Å². The van der Waals surface area contributed by atoms with Crippen molar-refractivity contribution in [3.63, 3.8) is 0 Å². The molecule has 30 heavy (non-hydrogen) atoms. The number of carboxylic acids is 1. The predicted molar refractivity (Wildman–Crippen MR) is 112 cm³/mol. The summed E-state index contributed by atoms with van der Waals surface area (Å²) >= 11 is 0. The van der Waals surface area contributed by atoms with E-state index in [2.05, 4.69) is 11.8 Å². The Balaban J connectivity index is 0.000000806. The van der Waals surface area contributed by atoms with E-state index in [1.807, 2.05) is 10.6 Å². The number of aromatic nitrogens is 1. The number of aromatic carboxylic acids is 1. The van der Waals surface area contributed by atoms with E-state index in [4.69, 9.17) is 10.5 Å². The maximum absolute atomic E-state index is 12.7. The van der Waals surface area contributed by atoms with Crippen molar-refractivity contribution in [1.29, 1.82) is 0 Å². The number of carbonyl (C=O) groups is 1. The minimum atomic E-state index is -1.20. The van der Waals surface area contributed by atoms with Gasteiger partial charge in [-0.15, -0.1) is 0 Å². The Labute approximate surface area is 173 Å². The van der Waals surface area contributed by atoms with Crippen LogP contribution in [0.1, 0.15) is 42.6 Å². The highest BCUT2D eigenvalue weighted by molar-refractivity contribution is 6.15. The molecule has 0 bridgehead atoms. The van der Waals surface area contributed by atoms with Crippen LogP contribution >= 0.6 is 0 Å². The molecule has 1 saturated carbocycles. The number of nitrogens with two attached hydrogens (primary N) is 1. The molecule has 3 N–H and O–H groups in total. The summed E-state index contributed by atoms with van der Waals surface area (Å²) < 4.78 is 26.7. The zero-order valence-corrected chi connectivity index (χ0v) is 17.0. The molecule has 10 heteroatoms. The van der Waals surface area contributed by atoms with Crippen molar-refractivity contribution in [2.75, 3.05) is 25.1 Å². The summed E-state index contributed by atoms with van der Waals surface area (Å²) in [5.41, 5.74) is 7.19. The summed E-state index contributed by atoms with van der Waals surface area (Å²) in [6, 6.07) is 3.87. The average Bonchev–Trinajstić information content (AvgIpc) is 3.55. The predicted octanol–water partition coefficient (Wildman–Crippen LogP) is 2.68. The van der Waals surface area contributed by atoms with Crippen LogP contribution < -0.4 is 20.8 Å². The van der Waals surface area contributed by atoms with Gasteiger partial charge >= 0.3 is 13.8 Å². The topological polar surface area (TPSA) is 97.8 Å². The fourth-order valence-corrected chi connectivity index (χ4v) is 3.97. The van der Waals surface area contributed by atoms with Crippen LogP contribution in [0.5, 0.6) is 5.75 Å². The molecule has 7 nitrogen and oxygen atoms in total. The van der Waals surface area contributed by atoms with Gasteiger partial charge < -0.3 is 25.0 Å². The second-order valence-corrected chi connectivity index (χ2v) is 7.79. The highest BCUT2D eigenvalue weighted by atomic mass is 19.2. The average molecular weight is 420 g/mol. The number of methoxy groups -OCH3 is 1. The number of hydrogen-bond acceptors (Lipinski definition) is 5. The first-order valence-corrected chi connectivity index (χ1v) is 9.85. The van der Waals surface area contributed by atoms with Crippen molar-refractivity contribution in [3.8, 4) is 5.75 Å². The van der Waals surface area contributed by atoms with E-state index in [1.54, 1.807) is 13.2 Å². The van der Waals surface area contributed by atoms with E-state index in [-0.39, 0.29) is 17.6 Å². The van der Waals surface area contributed by atoms with Gasteiger partial charge in [0.05, 0.1) is 23.7 Å². The van der Waals surface area contributed by atoms with Gasteiger partial charge in [0.15, 0.2) is 5.75 Å². The monoisotopic (exact) mass is 420 g/mol. The summed E-state index contributed by atoms with van der Waals surface area (Å²) in [6.45, 7) is 3.76. The molecule has 161 valence electrons. The molecule has 1 aliphatic carbocycles. The summed E-state index contributed by atoms with van der Waals surface area (Å²) in [5.74, 6) is -0.110. The van der Waals surface area contributed by atoms with Crippen LogP contribution in [-0.4, -0.2) is 49.7 Å². The number of rotatable bonds is 4. The fraction of sp³-hybridized carbons (Fsp3) is 0.500. The lowest BCUT2D eigenvalue weighted by molar-refractivity contribution is 0.0695. The molecule has 2 aromatic rings. The zero-order chi connectivity index (χ0) is 22.0. The van der Waals surface area contributed by atoms with Gasteiger partial charge in [-0.2, -0.15) is 0 Å². The van der Waals surface area contributed by atoms with Crippen LogP contribution in [0.3, 0.4) is 0 Å². The number of halogens is 2. The first-order valence-electron chi connectivity index (χ1n) is 9.85. The number of benzene rings is 1. The normalized spacial score (nSPS) is 21.0. The minimum Gasteiger partial charge on any atom is -0.492 e. The largest absolute Gasteiger partial charge is 0.577 e. The van der Waals surface area contributed by atoms with Crippen LogP contribution in [0.15, 0.2) is 23.1 Å². The number of fused-ring (bicyclic) bond motifs is 1. The molecule has 1 aromatic heterocycles. The molecule has 0 amide bonds. The van der Waals surface area contributed by atoms with Gasteiger partial charge in [0, 0.05) is 31.4 Å². The van der Waals surface area contributed by atoms with Crippen molar-refractivity contribution in [2.45, 2.75) is 38.3 Å². The van der Waals surface area contributed by atoms with E-state index in [0.29, 0.717) is 22.6 Å². The Bertz CT molecular complexity index is 996. The van der Waals surface area contributed by atoms with E-state index >= 15 is 0 Å². The van der Waals surface area contributed by atoms with Gasteiger partial charge in [-0.05, 0) is 37.3 Å². The van der Waals surface area contributed by atoms with Crippen molar-refractivity contribution in [2.24, 2.45) is 11.7 Å². The molecule has 1 saturated heterocycles. The minimum absolute atomic E-state index is 0.0826. The molecule has 1 aromatic carbocycles. The molecular weight excluding hydrogens is 395 g/mol. The Hall–Kier alpha value is -2.62. The lowest BCUT2D eigenvalue weighted by Crippen LogP contribution is -2.47. The van der Waals surface area contributed by atoms with E-state index < -0.39 is 19.2 Å². The summed E-state index contributed by atoms with van der Waals surface area (Å²) in [5, 5.41) is 9.81. The number of pyridine rings is 1. The highest BCUT2D eigenvalue weighted by Gasteiger charge is 2.31. The van der Waals surface area contributed by atoms with Crippen molar-refractivity contribution in [1.82, 2.24) is 4.57 Å². The van der Waals surface area contributed by atoms with Gasteiger partial charge in [0.25, 0.3) is 0 Å². The van der Waals surface area contributed by atoms with Gasteiger partial charge in [0.2, 0.25) is 5.43 Å². The van der Waals surface area contributed by atoms with Crippen molar-refractivity contribution >= 4 is 30.4 Å². The fourth-order valence-electron chi connectivity index (χ4n) is 3.97. The van der Waals surface area contributed by atoms with Gasteiger partial charge in [-0.3, -0.25) is 13.4 Å². The lowest BCUT2D eigenvalue weighted by atomic mass is 9.93. The molecule has 2 fully saturated rings. The van der Waals surface area contributed by atoms with Crippen LogP contribution in [0.4, 0.5) is 14.3 Å². The number of nitrogens with zero attached hydrogens (tertiary/aromatic N) is 2. The number of carboxylic acid groups (broad SMARTS) is 1. The van der Waals surface area contributed by atoms with E-state index in [9.17, 15) is 23.3 Å². The Morgan fingerprint density at radius 3 is 2.50 bits per heavy atom. The SMILES string of the molecule is COc1c(N2CCC(C)C(N)C2)ccc2c(=O)c(C(=O)O)cn(C3CC3)c12.F[B]F. The summed E-state index contributed by atoms with van der Waals surface area (Å²) in [6.07, 6.45) is 4.41. The quantitative estimate of drug-likeness (QED) is 0.739. The highest BCUT2D eigenvalue weighted by Crippen LogP contribution is 2.43. The van der Waals surface area contributed by atoms with Crippen LogP contribution in [0, 0.1) is 5.92 Å². The van der Waals surface area contributed by atoms with E-state index in [0.717, 1.165) is 38.0 Å². The zero-order valence-electron chi connectivity index (χ0n) is 17.0. The molecule has 2 unspecified atom stereocenters. The summed E-state index contributed by atoms with van der Waals surface area (Å²) in [4.78, 5) is 26.5. The Kier molecular flexibility index (Phi) is 6.65. The lowest BCUT2D eigenvalue weighted by Gasteiger charge is -2.37. The molecule has 2 atom stereocenters. The first-order chi connectivity index (χ1) is 14.3. The Morgan fingerprint density at radius 2 is 1.97 bits per heavy atom. The molecule has 4 rings (SSSR count). The second-order valence-electron chi connectivity index (χ2n) is 7.79. The maximum Gasteiger partial charge on any atom is 0.577 e. The smallest absolute Gasteiger partial charge is 0.492 e. The molecule has 2 aliphatic rings. The number of anilines is 1. The molecule has 1 aliphatic heterocycles. The third kappa shape index (κ3) is 4.14. The van der Waals surface area contributed by atoms with E-state index in [1.165, 1.54) is 6.20 Å².